The predicted molar refractivity (Wildman–Crippen MR) is 492 cm³/mol. The number of rotatable bonds is 42. The number of nitrogens with zero attached hydrogens (tertiary/aromatic N) is 12. The zero-order valence-electron chi connectivity index (χ0n) is 78.2. The van der Waals surface area contributed by atoms with Gasteiger partial charge < -0.3 is 104 Å². The Morgan fingerprint density at radius 3 is 2.10 bits per heavy atom. The number of aromatic nitrogens is 11. The van der Waals surface area contributed by atoms with Crippen LogP contribution in [0.1, 0.15) is 144 Å². The molecule has 0 radical (unpaired) electrons. The Hall–Kier alpha value is -9.88. The number of carbonyl (C=O) groups is 6. The second-order valence-corrected chi connectivity index (χ2v) is 34.8. The molecule has 3 fully saturated rings. The summed E-state index contributed by atoms with van der Waals surface area (Å²) in [5.41, 5.74) is 26.7. The van der Waals surface area contributed by atoms with Crippen LogP contribution in [0.4, 0.5) is 11.8 Å². The van der Waals surface area contributed by atoms with Gasteiger partial charge in [-0.2, -0.15) is 10.1 Å². The van der Waals surface area contributed by atoms with E-state index < -0.39 is 83.8 Å². The lowest BCUT2D eigenvalue weighted by Crippen LogP contribution is -2.61. The van der Waals surface area contributed by atoms with Crippen molar-refractivity contribution in [3.05, 3.63) is 109 Å². The minimum absolute atomic E-state index is 0.0192. The van der Waals surface area contributed by atoms with E-state index in [1.807, 2.05) is 91.5 Å². The summed E-state index contributed by atoms with van der Waals surface area (Å²) in [6.07, 6.45) is 16.9. The molecule has 3 aliphatic heterocycles. The van der Waals surface area contributed by atoms with Gasteiger partial charge in [0.2, 0.25) is 11.7 Å². The average Bonchev–Trinajstić information content (AvgIpc) is 1.25. The van der Waals surface area contributed by atoms with Crippen molar-refractivity contribution in [2.75, 3.05) is 152 Å². The number of ether oxygens (including phenoxy) is 13. The van der Waals surface area contributed by atoms with Crippen molar-refractivity contribution < 1.29 is 105 Å². The normalized spacial score (nSPS) is 25.2. The van der Waals surface area contributed by atoms with Gasteiger partial charge in [0.1, 0.15) is 59.2 Å². The number of nitrogens with two attached hydrogens (primary N) is 3. The molecule has 2 bridgehead atoms. The summed E-state index contributed by atoms with van der Waals surface area (Å²) in [5, 5.41) is 50.2. The van der Waals surface area contributed by atoms with Gasteiger partial charge in [0.05, 0.1) is 160 Å². The van der Waals surface area contributed by atoms with E-state index in [9.17, 15) is 39.0 Å². The number of hydrogen-bond acceptors (Lipinski definition) is 33. The molecule has 7 aromatic rings. The van der Waals surface area contributed by atoms with Crippen molar-refractivity contribution in [1.82, 2.24) is 64.9 Å². The molecule has 2 aromatic carbocycles. The van der Waals surface area contributed by atoms with E-state index in [4.69, 9.17) is 88.3 Å². The second-order valence-electron chi connectivity index (χ2n) is 34.8. The topological polar surface area (TPSA) is 487 Å². The molecule has 9 N–H and O–H groups in total. The van der Waals surface area contributed by atoms with Crippen LogP contribution in [0.25, 0.3) is 55.9 Å². The van der Waals surface area contributed by atoms with E-state index in [0.29, 0.717) is 221 Å². The zero-order valence-corrected chi connectivity index (χ0v) is 78.2. The molecule has 2 amide bonds. The number of aryl methyl sites for hydroxylation is 1. The number of oxazole rings is 1. The Morgan fingerprint density at radius 1 is 0.714 bits per heavy atom. The largest absolute Gasteiger partial charge is 0.459 e. The molecule has 0 unspecified atom stereocenters. The Labute approximate surface area is 776 Å². The van der Waals surface area contributed by atoms with Crippen LogP contribution in [0, 0.1) is 29.6 Å². The van der Waals surface area contributed by atoms with Crippen LogP contribution < -0.4 is 22.5 Å². The molecule has 4 aliphatic rings. The van der Waals surface area contributed by atoms with Gasteiger partial charge in [0.25, 0.3) is 17.7 Å². The summed E-state index contributed by atoms with van der Waals surface area (Å²) < 4.78 is 86.5. The number of nitrogens with one attached hydrogen (secondary N) is 1. The van der Waals surface area contributed by atoms with Crippen LogP contribution in [0.3, 0.4) is 0 Å². The summed E-state index contributed by atoms with van der Waals surface area (Å²) in [7, 11) is 4.58. The third kappa shape index (κ3) is 29.8. The number of allylic oxidation sites excluding steroid dienone is 6. The highest BCUT2D eigenvalue weighted by molar-refractivity contribution is 6.39. The van der Waals surface area contributed by atoms with Crippen molar-refractivity contribution in [3.8, 4) is 33.8 Å². The van der Waals surface area contributed by atoms with Crippen LogP contribution in [0.15, 0.2) is 113 Å². The van der Waals surface area contributed by atoms with Gasteiger partial charge in [-0.05, 0) is 138 Å². The van der Waals surface area contributed by atoms with Gasteiger partial charge in [0, 0.05) is 101 Å². The number of esters is 1. The summed E-state index contributed by atoms with van der Waals surface area (Å²) in [4.78, 5) is 99.2. The minimum Gasteiger partial charge on any atom is -0.459 e. The Bertz CT molecular complexity index is 4990. The Morgan fingerprint density at radius 2 is 1.41 bits per heavy atom. The lowest BCUT2D eigenvalue weighted by molar-refractivity contribution is -0.265. The van der Waals surface area contributed by atoms with E-state index in [0.717, 1.165) is 45.7 Å². The van der Waals surface area contributed by atoms with E-state index >= 15 is 0 Å². The fourth-order valence-corrected chi connectivity index (χ4v) is 17.4. The molecule has 133 heavy (non-hydrogen) atoms. The van der Waals surface area contributed by atoms with Crippen LogP contribution in [0.5, 0.6) is 0 Å². The number of nitrogen functional groups attached to an aromatic ring is 2. The number of hydrogen-bond donors (Lipinski definition) is 6. The smallest absolute Gasteiger partial charge is 0.329 e. The Kier molecular flexibility index (Phi) is 41.2. The number of methoxy groups -OCH3 is 3. The van der Waals surface area contributed by atoms with Gasteiger partial charge in [-0.25, -0.2) is 28.8 Å². The average molecular weight is 1850 g/mol. The molecule has 38 nitrogen and oxygen atoms in total. The number of cyclic esters (lactones) is 1. The number of benzene rings is 2. The summed E-state index contributed by atoms with van der Waals surface area (Å²) in [5.74, 6) is -8.29. The molecular formula is C95H136N16O22. The van der Waals surface area contributed by atoms with Crippen molar-refractivity contribution in [1.29, 1.82) is 0 Å². The highest BCUT2D eigenvalue weighted by Crippen LogP contribution is 2.41. The molecule has 8 heterocycles. The van der Waals surface area contributed by atoms with Gasteiger partial charge >= 0.3 is 5.97 Å². The van der Waals surface area contributed by atoms with Gasteiger partial charge in [0.15, 0.2) is 17.0 Å². The molecular weight excluding hydrogens is 1720 g/mol. The quantitative estimate of drug-likeness (QED) is 0.00903. The predicted octanol–water partition coefficient (Wildman–Crippen LogP) is 8.50. The third-order valence-electron chi connectivity index (χ3n) is 25.0. The number of fused-ring (bicyclic) bond motifs is 5. The molecule has 38 heteroatoms. The fraction of sp³-hybridized carbons (Fsp3) is 0.621. The number of piperidine rings is 1. The summed E-state index contributed by atoms with van der Waals surface area (Å²) in [6, 6.07) is 11.0. The maximum absolute atomic E-state index is 14.9. The van der Waals surface area contributed by atoms with Gasteiger partial charge in [-0.1, -0.05) is 92.8 Å². The SMILES string of the molecule is CO[C@H]1C[C@@H]2CC[C@@H](C)[C@@](O)(O2)C(=O)C(=O)N2CCCC[C@H]2C(=O)O[C@H]([C@H](N)C[C@@H]2CC[C@H](n3nncc3-c3cccc(-c4cn(CCOCCOCCOCCOCCOCCOCCOCCOCCC(=O)NCCCCn5nc(-c6ccc7oc(N)nc7c6)c6c(N)ncnc65)nn4)c3)[C@H](OC)C2)CC(=O)[C@H](C)/C=C(\C)[C@@H](O)[C@@H](OC)C(=O)[C@H](C)C[C@H](C)/C=C/C=CC=C1C. The van der Waals surface area contributed by atoms with E-state index in [1.165, 1.54) is 13.4 Å². The van der Waals surface area contributed by atoms with Crippen molar-refractivity contribution in [3.63, 3.8) is 0 Å². The van der Waals surface area contributed by atoms with Crippen LogP contribution in [-0.4, -0.2) is 300 Å². The molecule has 728 valence electrons. The van der Waals surface area contributed by atoms with Crippen molar-refractivity contribution >= 4 is 69.1 Å². The third-order valence-corrected chi connectivity index (χ3v) is 25.0. The van der Waals surface area contributed by atoms with E-state index in [2.05, 4.69) is 40.9 Å². The summed E-state index contributed by atoms with van der Waals surface area (Å²) >= 11 is 0. The number of amides is 2. The number of ketones is 3. The molecule has 1 saturated carbocycles. The molecule has 1 aliphatic carbocycles. The first kappa shape index (κ1) is 104. The summed E-state index contributed by atoms with van der Waals surface area (Å²) in [6.45, 7) is 18.5. The number of aliphatic hydroxyl groups excluding tert-OH is 1. The molecule has 0 spiro atoms. The van der Waals surface area contributed by atoms with Crippen LogP contribution in [-0.2, 0) is 103 Å². The number of Topliss-reactive ketones (excluding diaryl/α,β-unsaturated/α-hetero) is 3. The van der Waals surface area contributed by atoms with E-state index in [1.54, 1.807) is 69.6 Å². The van der Waals surface area contributed by atoms with Crippen molar-refractivity contribution in [2.45, 2.75) is 211 Å². The Balaban J connectivity index is 0.551. The minimum atomic E-state index is -2.50. The lowest BCUT2D eigenvalue weighted by Gasteiger charge is -2.42. The van der Waals surface area contributed by atoms with Gasteiger partial charge in [-0.15, -0.1) is 10.2 Å². The van der Waals surface area contributed by atoms with E-state index in [-0.39, 0.29) is 86.3 Å². The zero-order chi connectivity index (χ0) is 94.8. The monoisotopic (exact) mass is 1850 g/mol. The number of unbranched alkanes of at least 4 members (excludes halogenated alkanes) is 1. The fourth-order valence-electron chi connectivity index (χ4n) is 17.4. The molecule has 5 aromatic heterocycles. The number of aliphatic hydroxyl groups is 2. The standard InChI is InChI=1S/C95H136N16O22/c1-61-18-11-10-12-19-62(2)80(120-7)56-71-26-23-66(6)95(119,133-71)89(116)92(117)109-31-15-13-22-76(109)93(118)131-81(57-78(112)63(3)51-65(5)87(115)88(122-9)86(114)64(4)50-61)72(96)52-67-24-27-75(82(53-67)121-8)111-77(58-102-106-111)69-21-17-20-68(54-69)74-59-108(107-104-74)33-35-124-37-39-126-41-43-128-45-47-130-49-48-129-46-44-127-42-40-125-38-36-123-34-29-83(113)99-30-14-16-32-110-91-84(90(97)100-60-101-91)85(105-110)70-25-28-79-73(55-70)103-94(98)132-79/h10-12,17-21,25,28,51,54-55,58-61,63-64,66-67,71-72,75-76,80-82,87-88,115,119H,13-16,22-24,26-27,29-50,52-53,56-57,96H2,1-9H3,(H2,98,103)(H,99,113)(H2,97,100,101)/b12-10?,18-11+,62-19?,65-51+/t61-,63-,64-,66-,67+,71+,72-,75+,76+,80+,81+,82-,87-,88+,95-/m1/s1. The molecule has 11 rings (SSSR count). The lowest BCUT2D eigenvalue weighted by atomic mass is 9.79. The highest BCUT2D eigenvalue weighted by atomic mass is 16.6. The number of anilines is 2. The van der Waals surface area contributed by atoms with Crippen molar-refractivity contribution in [2.24, 2.45) is 35.3 Å². The first-order valence-electron chi connectivity index (χ1n) is 46.5. The van der Waals surface area contributed by atoms with Gasteiger partial charge in [-0.3, -0.25) is 24.0 Å². The van der Waals surface area contributed by atoms with Crippen LogP contribution >= 0.6 is 0 Å². The highest BCUT2D eigenvalue weighted by Gasteiger charge is 2.53. The molecule has 15 atom stereocenters. The second kappa shape index (κ2) is 52.8. The first-order valence-corrected chi connectivity index (χ1v) is 46.5. The maximum Gasteiger partial charge on any atom is 0.329 e. The first-order chi connectivity index (χ1) is 64.4. The number of carbonyl (C=O) groups excluding carboxylic acids is 6. The van der Waals surface area contributed by atoms with Crippen LogP contribution in [0.2, 0.25) is 0 Å². The maximum atomic E-state index is 14.9. The molecule has 2 saturated heterocycles.